The van der Waals surface area contributed by atoms with Crippen molar-refractivity contribution in [2.75, 3.05) is 19.6 Å². The average Bonchev–Trinajstić information content (AvgIpc) is 3.40. The zero-order chi connectivity index (χ0) is 20.9. The summed E-state index contributed by atoms with van der Waals surface area (Å²) in [4.78, 5) is 27.2. The lowest BCUT2D eigenvalue weighted by Gasteiger charge is -2.31. The number of primary amides is 1. The van der Waals surface area contributed by atoms with Crippen LogP contribution < -0.4 is 11.1 Å². The Balaban J connectivity index is 1.48. The van der Waals surface area contributed by atoms with Gasteiger partial charge in [0.2, 0.25) is 5.91 Å². The molecule has 0 aliphatic carbocycles. The highest BCUT2D eigenvalue weighted by atomic mass is 32.1. The molecule has 0 radical (unpaired) electrons. The molecule has 7 nitrogen and oxygen atoms in total. The number of rotatable bonds is 7. The fraction of sp³-hybridized carbons (Fsp3) is 0.318. The Morgan fingerprint density at radius 3 is 2.57 bits per heavy atom. The highest BCUT2D eigenvalue weighted by molar-refractivity contribution is 7.13. The molecule has 8 heteroatoms. The molecule has 0 unspecified atom stereocenters. The monoisotopic (exact) mass is 423 g/mol. The Bertz CT molecular complexity index is 992. The number of hydrogen-bond acceptors (Lipinski definition) is 5. The maximum atomic E-state index is 13.1. The number of amides is 2. The number of hydrogen-bond donors (Lipinski definition) is 2. The van der Waals surface area contributed by atoms with E-state index in [1.807, 2.05) is 63.6 Å². The van der Waals surface area contributed by atoms with Crippen molar-refractivity contribution in [3.8, 4) is 10.6 Å². The molecule has 0 bridgehead atoms. The van der Waals surface area contributed by atoms with Crippen molar-refractivity contribution in [3.05, 3.63) is 65.2 Å². The highest BCUT2D eigenvalue weighted by Gasteiger charge is 2.25. The molecule has 3 aromatic rings. The van der Waals surface area contributed by atoms with Gasteiger partial charge >= 0.3 is 0 Å². The third-order valence-electron chi connectivity index (χ3n) is 5.25. The van der Waals surface area contributed by atoms with Crippen LogP contribution in [-0.4, -0.2) is 52.2 Å². The molecule has 2 amide bonds. The fourth-order valence-corrected chi connectivity index (χ4v) is 4.48. The van der Waals surface area contributed by atoms with Gasteiger partial charge in [0.05, 0.1) is 23.5 Å². The van der Waals surface area contributed by atoms with Crippen LogP contribution in [0.15, 0.2) is 54.0 Å². The molecule has 1 aromatic carbocycles. The van der Waals surface area contributed by atoms with E-state index < -0.39 is 0 Å². The van der Waals surface area contributed by atoms with Crippen LogP contribution in [0.5, 0.6) is 0 Å². The van der Waals surface area contributed by atoms with Crippen molar-refractivity contribution in [2.45, 2.75) is 25.4 Å². The highest BCUT2D eigenvalue weighted by Crippen LogP contribution is 2.27. The third kappa shape index (κ3) is 4.95. The molecule has 3 N–H and O–H groups in total. The molecule has 3 heterocycles. The molecular formula is C22H25N5O2S. The Labute approximate surface area is 179 Å². The smallest absolute Gasteiger partial charge is 0.255 e. The van der Waals surface area contributed by atoms with Crippen LogP contribution in [0.1, 0.15) is 28.8 Å². The minimum Gasteiger partial charge on any atom is -0.369 e. The maximum absolute atomic E-state index is 13.1. The van der Waals surface area contributed by atoms with Gasteiger partial charge in [-0.15, -0.1) is 11.3 Å². The van der Waals surface area contributed by atoms with Gasteiger partial charge < -0.3 is 11.1 Å². The number of thiophene rings is 1. The lowest BCUT2D eigenvalue weighted by Crippen LogP contribution is -2.46. The zero-order valence-electron chi connectivity index (χ0n) is 16.7. The van der Waals surface area contributed by atoms with Crippen molar-refractivity contribution in [2.24, 2.45) is 5.73 Å². The van der Waals surface area contributed by atoms with E-state index in [0.717, 1.165) is 36.4 Å². The predicted octanol–water partition coefficient (Wildman–Crippen LogP) is 2.34. The van der Waals surface area contributed by atoms with Crippen molar-refractivity contribution in [1.29, 1.82) is 0 Å². The van der Waals surface area contributed by atoms with Crippen LogP contribution in [0.25, 0.3) is 10.6 Å². The van der Waals surface area contributed by atoms with Crippen LogP contribution in [0.3, 0.4) is 0 Å². The molecule has 1 fully saturated rings. The van der Waals surface area contributed by atoms with E-state index in [-0.39, 0.29) is 24.4 Å². The normalized spacial score (nSPS) is 15.2. The number of carbonyl (C=O) groups is 2. The molecule has 156 valence electrons. The van der Waals surface area contributed by atoms with Crippen LogP contribution in [0.4, 0.5) is 0 Å². The Morgan fingerprint density at radius 1 is 1.13 bits per heavy atom. The molecule has 0 saturated carbocycles. The number of piperidine rings is 1. The summed E-state index contributed by atoms with van der Waals surface area (Å²) >= 11 is 1.57. The molecule has 1 saturated heterocycles. The number of carbonyl (C=O) groups excluding carboxylic acids is 2. The Hall–Kier alpha value is -2.97. The van der Waals surface area contributed by atoms with Gasteiger partial charge in [-0.25, -0.2) is 0 Å². The van der Waals surface area contributed by atoms with Crippen LogP contribution in [-0.2, 0) is 11.3 Å². The summed E-state index contributed by atoms with van der Waals surface area (Å²) in [7, 11) is 0. The second kappa shape index (κ2) is 9.23. The number of nitrogens with two attached hydrogens (primary N) is 1. The minimum atomic E-state index is -0.316. The SMILES string of the molecule is NC(=O)CN1CCC(NC(=O)c2cn(Cc3ccccc3)nc2-c2cccs2)CC1. The third-order valence-corrected chi connectivity index (χ3v) is 6.13. The Morgan fingerprint density at radius 2 is 1.90 bits per heavy atom. The number of likely N-dealkylation sites (tertiary alicyclic amines) is 1. The van der Waals surface area contributed by atoms with E-state index in [0.29, 0.717) is 17.8 Å². The van der Waals surface area contributed by atoms with Gasteiger partial charge in [-0.2, -0.15) is 5.10 Å². The van der Waals surface area contributed by atoms with Gasteiger partial charge in [0.1, 0.15) is 5.69 Å². The lowest BCUT2D eigenvalue weighted by molar-refractivity contribution is -0.119. The van der Waals surface area contributed by atoms with Crippen molar-refractivity contribution in [1.82, 2.24) is 20.0 Å². The first-order valence-electron chi connectivity index (χ1n) is 10.1. The van der Waals surface area contributed by atoms with Crippen LogP contribution in [0, 0.1) is 0 Å². The average molecular weight is 424 g/mol. The predicted molar refractivity (Wildman–Crippen MR) is 117 cm³/mol. The first-order chi connectivity index (χ1) is 14.6. The lowest BCUT2D eigenvalue weighted by atomic mass is 10.0. The number of nitrogens with one attached hydrogen (secondary N) is 1. The molecule has 1 aliphatic heterocycles. The van der Waals surface area contributed by atoms with E-state index in [1.54, 1.807) is 11.3 Å². The van der Waals surface area contributed by atoms with Gasteiger partial charge in [-0.3, -0.25) is 19.2 Å². The van der Waals surface area contributed by atoms with E-state index in [4.69, 9.17) is 10.8 Å². The summed E-state index contributed by atoms with van der Waals surface area (Å²) in [6.45, 7) is 2.38. The summed E-state index contributed by atoms with van der Waals surface area (Å²) in [5.41, 5.74) is 7.71. The van der Waals surface area contributed by atoms with E-state index in [1.165, 1.54) is 0 Å². The first-order valence-corrected chi connectivity index (χ1v) is 10.9. The molecule has 2 aromatic heterocycles. The van der Waals surface area contributed by atoms with Gasteiger partial charge in [0, 0.05) is 25.3 Å². The second-order valence-electron chi connectivity index (χ2n) is 7.54. The molecule has 30 heavy (non-hydrogen) atoms. The molecular weight excluding hydrogens is 398 g/mol. The summed E-state index contributed by atoms with van der Waals surface area (Å²) < 4.78 is 1.83. The largest absolute Gasteiger partial charge is 0.369 e. The van der Waals surface area contributed by atoms with Gasteiger partial charge in [-0.1, -0.05) is 36.4 Å². The van der Waals surface area contributed by atoms with Crippen LogP contribution in [0.2, 0.25) is 0 Å². The summed E-state index contributed by atoms with van der Waals surface area (Å²) in [5.74, 6) is -0.421. The van der Waals surface area contributed by atoms with E-state index >= 15 is 0 Å². The summed E-state index contributed by atoms with van der Waals surface area (Å²) in [5, 5.41) is 9.86. The molecule has 0 spiro atoms. The fourth-order valence-electron chi connectivity index (χ4n) is 3.75. The maximum Gasteiger partial charge on any atom is 0.255 e. The summed E-state index contributed by atoms with van der Waals surface area (Å²) in [6, 6.07) is 14.1. The van der Waals surface area contributed by atoms with Crippen molar-refractivity contribution in [3.63, 3.8) is 0 Å². The number of benzene rings is 1. The van der Waals surface area contributed by atoms with E-state index in [9.17, 15) is 9.59 Å². The van der Waals surface area contributed by atoms with Crippen molar-refractivity contribution < 1.29 is 9.59 Å². The molecule has 1 aliphatic rings. The molecule has 4 rings (SSSR count). The first kappa shape index (κ1) is 20.3. The summed E-state index contributed by atoms with van der Waals surface area (Å²) in [6.07, 6.45) is 3.43. The van der Waals surface area contributed by atoms with Crippen LogP contribution >= 0.6 is 11.3 Å². The quantitative estimate of drug-likeness (QED) is 0.610. The standard InChI is InChI=1S/C22H25N5O2S/c23-20(28)15-26-10-8-17(9-11-26)24-22(29)18-14-27(13-16-5-2-1-3-6-16)25-21(18)19-7-4-12-30-19/h1-7,12,14,17H,8-11,13,15H2,(H2,23,28)(H,24,29). The zero-order valence-corrected chi connectivity index (χ0v) is 17.5. The van der Waals surface area contributed by atoms with Crippen molar-refractivity contribution >= 4 is 23.2 Å². The Kier molecular flexibility index (Phi) is 6.25. The number of nitrogens with zero attached hydrogens (tertiary/aromatic N) is 3. The van der Waals surface area contributed by atoms with Gasteiger partial charge in [0.25, 0.3) is 5.91 Å². The topological polar surface area (TPSA) is 93.3 Å². The van der Waals surface area contributed by atoms with Gasteiger partial charge in [-0.05, 0) is 29.9 Å². The van der Waals surface area contributed by atoms with E-state index in [2.05, 4.69) is 5.32 Å². The minimum absolute atomic E-state index is 0.0790. The second-order valence-corrected chi connectivity index (χ2v) is 8.49. The number of aromatic nitrogens is 2. The molecule has 0 atom stereocenters. The van der Waals surface area contributed by atoms with Gasteiger partial charge in [0.15, 0.2) is 0 Å².